The lowest BCUT2D eigenvalue weighted by atomic mass is 10.0. The van der Waals surface area contributed by atoms with Crippen LogP contribution in [0.5, 0.6) is 11.5 Å². The molecule has 0 saturated heterocycles. The number of carbonyl (C=O) groups excluding carboxylic acids is 2. The quantitative estimate of drug-likeness (QED) is 0.0469. The Hall–Kier alpha value is -4.72. The van der Waals surface area contributed by atoms with Gasteiger partial charge in [0.1, 0.15) is 23.1 Å². The second-order valence-corrected chi connectivity index (χ2v) is 10.7. The zero-order chi connectivity index (χ0) is 31.1. The first-order valence-corrected chi connectivity index (χ1v) is 14.5. The zero-order valence-corrected chi connectivity index (χ0v) is 23.9. The molecule has 0 amide bonds. The Labute approximate surface area is 252 Å². The summed E-state index contributed by atoms with van der Waals surface area (Å²) in [6.45, 7) is 0. The molecule has 0 heterocycles. The standard InChI is InChI=1S/C36H30F4O4/c37-28-12-9-23(10-13-28)31-16-15-30(22-32(31)38)44-36(42)8-6-4-2-1-3-5-7-35(41)43-29-14-11-24-17-26-20-33(39)34(40)21-27(26)18-25(24)19-29/h9-22H,1-8H2. The predicted octanol–water partition coefficient (Wildman–Crippen LogP) is 9.85. The van der Waals surface area contributed by atoms with Crippen molar-refractivity contribution in [2.45, 2.75) is 51.4 Å². The summed E-state index contributed by atoms with van der Waals surface area (Å²) in [5, 5.41) is 2.72. The van der Waals surface area contributed by atoms with Crippen molar-refractivity contribution in [1.29, 1.82) is 0 Å². The van der Waals surface area contributed by atoms with Crippen LogP contribution < -0.4 is 9.47 Å². The molecule has 0 aliphatic rings. The molecular formula is C36H30F4O4. The first-order chi connectivity index (χ1) is 21.2. The van der Waals surface area contributed by atoms with Crippen LogP contribution in [-0.4, -0.2) is 11.9 Å². The Balaban J connectivity index is 0.969. The average Bonchev–Trinajstić information content (AvgIpc) is 2.99. The fourth-order valence-corrected chi connectivity index (χ4v) is 5.07. The second kappa shape index (κ2) is 14.2. The van der Waals surface area contributed by atoms with Crippen LogP contribution >= 0.6 is 0 Å². The van der Waals surface area contributed by atoms with Crippen molar-refractivity contribution in [3.05, 3.63) is 108 Å². The van der Waals surface area contributed by atoms with Crippen molar-refractivity contribution in [2.24, 2.45) is 0 Å². The van der Waals surface area contributed by atoms with Crippen LogP contribution in [0, 0.1) is 23.3 Å². The minimum absolute atomic E-state index is 0.120. The first kappa shape index (κ1) is 30.7. The van der Waals surface area contributed by atoms with Crippen molar-refractivity contribution < 1.29 is 36.6 Å². The van der Waals surface area contributed by atoms with E-state index >= 15 is 0 Å². The topological polar surface area (TPSA) is 52.6 Å². The number of ether oxygens (including phenoxy) is 2. The van der Waals surface area contributed by atoms with Gasteiger partial charge in [-0.2, -0.15) is 0 Å². The smallest absolute Gasteiger partial charge is 0.311 e. The van der Waals surface area contributed by atoms with Crippen LogP contribution in [-0.2, 0) is 9.59 Å². The molecule has 0 aromatic heterocycles. The maximum absolute atomic E-state index is 14.5. The Morgan fingerprint density at radius 2 is 0.977 bits per heavy atom. The van der Waals surface area contributed by atoms with Crippen molar-refractivity contribution in [3.8, 4) is 22.6 Å². The highest BCUT2D eigenvalue weighted by Crippen LogP contribution is 2.29. The van der Waals surface area contributed by atoms with Crippen LogP contribution in [0.2, 0.25) is 0 Å². The summed E-state index contributed by atoms with van der Waals surface area (Å²) in [7, 11) is 0. The molecule has 0 unspecified atom stereocenters. The molecule has 0 atom stereocenters. The van der Waals surface area contributed by atoms with Crippen LogP contribution in [0.3, 0.4) is 0 Å². The molecule has 4 nitrogen and oxygen atoms in total. The SMILES string of the molecule is O=C(CCCCCCCCC(=O)Oc1ccc2cc3cc(F)c(F)cc3cc2c1)Oc1ccc(-c2ccc(F)cc2)c(F)c1. The van der Waals surface area contributed by atoms with Gasteiger partial charge in [-0.25, -0.2) is 17.6 Å². The summed E-state index contributed by atoms with van der Waals surface area (Å²) in [5.74, 6) is -3.05. The summed E-state index contributed by atoms with van der Waals surface area (Å²) in [4.78, 5) is 24.5. The number of hydrogen-bond acceptors (Lipinski definition) is 4. The van der Waals surface area contributed by atoms with Crippen LogP contribution in [0.1, 0.15) is 51.4 Å². The minimum Gasteiger partial charge on any atom is -0.427 e. The molecule has 0 saturated carbocycles. The molecule has 0 N–H and O–H groups in total. The van der Waals surface area contributed by atoms with Gasteiger partial charge in [0, 0.05) is 24.5 Å². The molecule has 5 rings (SSSR count). The molecular weight excluding hydrogens is 572 g/mol. The van der Waals surface area contributed by atoms with Gasteiger partial charge in [0.15, 0.2) is 11.6 Å². The van der Waals surface area contributed by atoms with Crippen LogP contribution in [0.25, 0.3) is 32.7 Å². The van der Waals surface area contributed by atoms with Crippen molar-refractivity contribution in [3.63, 3.8) is 0 Å². The molecule has 5 aromatic carbocycles. The zero-order valence-electron chi connectivity index (χ0n) is 23.9. The Bertz CT molecular complexity index is 1800. The van der Waals surface area contributed by atoms with E-state index in [4.69, 9.17) is 9.47 Å². The van der Waals surface area contributed by atoms with Gasteiger partial charge < -0.3 is 9.47 Å². The Morgan fingerprint density at radius 1 is 0.477 bits per heavy atom. The van der Waals surface area contributed by atoms with Crippen LogP contribution in [0.15, 0.2) is 84.9 Å². The summed E-state index contributed by atoms with van der Waals surface area (Å²) in [5.41, 5.74) is 0.816. The molecule has 0 spiro atoms. The number of benzene rings is 5. The summed E-state index contributed by atoms with van der Waals surface area (Å²) >= 11 is 0. The monoisotopic (exact) mass is 602 g/mol. The predicted molar refractivity (Wildman–Crippen MR) is 161 cm³/mol. The lowest BCUT2D eigenvalue weighted by Gasteiger charge is -2.08. The van der Waals surface area contributed by atoms with E-state index in [9.17, 15) is 27.2 Å². The molecule has 5 aromatic rings. The molecule has 0 bridgehead atoms. The number of carbonyl (C=O) groups is 2. The Morgan fingerprint density at radius 3 is 1.57 bits per heavy atom. The number of esters is 2. The number of halogens is 4. The summed E-state index contributed by atoms with van der Waals surface area (Å²) < 4.78 is 65.5. The van der Waals surface area contributed by atoms with Gasteiger partial charge in [-0.15, -0.1) is 0 Å². The van der Waals surface area contributed by atoms with E-state index in [1.54, 1.807) is 30.3 Å². The molecule has 0 aliphatic carbocycles. The van der Waals surface area contributed by atoms with E-state index < -0.39 is 29.2 Å². The summed E-state index contributed by atoms with van der Waals surface area (Å²) in [6.07, 6.45) is 5.24. The number of rotatable bonds is 12. The van der Waals surface area contributed by atoms with Gasteiger partial charge in [0.05, 0.1) is 0 Å². The highest BCUT2D eigenvalue weighted by Gasteiger charge is 2.11. The van der Waals surface area contributed by atoms with E-state index in [1.807, 2.05) is 0 Å². The number of unbranched alkanes of at least 4 members (excludes halogenated alkanes) is 5. The maximum atomic E-state index is 14.5. The lowest BCUT2D eigenvalue weighted by molar-refractivity contribution is -0.135. The largest absolute Gasteiger partial charge is 0.427 e. The highest BCUT2D eigenvalue weighted by atomic mass is 19.2. The summed E-state index contributed by atoms with van der Waals surface area (Å²) in [6, 6.07) is 20.6. The molecule has 8 heteroatoms. The highest BCUT2D eigenvalue weighted by molar-refractivity contribution is 5.99. The second-order valence-electron chi connectivity index (χ2n) is 10.7. The normalized spacial score (nSPS) is 11.2. The third-order valence-corrected chi connectivity index (χ3v) is 7.38. The molecule has 0 radical (unpaired) electrons. The molecule has 0 aliphatic heterocycles. The van der Waals surface area contributed by atoms with Crippen LogP contribution in [0.4, 0.5) is 17.6 Å². The van der Waals surface area contributed by atoms with Gasteiger partial charge in [0.2, 0.25) is 0 Å². The fraction of sp³-hybridized carbons (Fsp3) is 0.222. The van der Waals surface area contributed by atoms with Gasteiger partial charge in [-0.05, 0) is 101 Å². The number of hydrogen-bond donors (Lipinski definition) is 0. The van der Waals surface area contributed by atoms with Crippen molar-refractivity contribution in [1.82, 2.24) is 0 Å². The van der Waals surface area contributed by atoms with Gasteiger partial charge in [-0.3, -0.25) is 9.59 Å². The lowest BCUT2D eigenvalue weighted by Crippen LogP contribution is -2.08. The van der Waals surface area contributed by atoms with E-state index in [0.717, 1.165) is 54.7 Å². The Kier molecular flexibility index (Phi) is 9.89. The first-order valence-electron chi connectivity index (χ1n) is 14.5. The van der Waals surface area contributed by atoms with E-state index in [-0.39, 0.29) is 24.6 Å². The average molecular weight is 603 g/mol. The van der Waals surface area contributed by atoms with Gasteiger partial charge in [-0.1, -0.05) is 43.9 Å². The number of fused-ring (bicyclic) bond motifs is 2. The molecule has 0 fully saturated rings. The third kappa shape index (κ3) is 8.01. The van der Waals surface area contributed by atoms with E-state index in [0.29, 0.717) is 40.5 Å². The van der Waals surface area contributed by atoms with Gasteiger partial charge in [0.25, 0.3) is 0 Å². The minimum atomic E-state index is -0.914. The molecule has 44 heavy (non-hydrogen) atoms. The fourth-order valence-electron chi connectivity index (χ4n) is 5.07. The maximum Gasteiger partial charge on any atom is 0.311 e. The van der Waals surface area contributed by atoms with Crippen molar-refractivity contribution in [2.75, 3.05) is 0 Å². The molecule has 226 valence electrons. The van der Waals surface area contributed by atoms with E-state index in [2.05, 4.69) is 0 Å². The van der Waals surface area contributed by atoms with E-state index in [1.165, 1.54) is 36.4 Å². The van der Waals surface area contributed by atoms with Gasteiger partial charge >= 0.3 is 11.9 Å². The van der Waals surface area contributed by atoms with Crippen molar-refractivity contribution >= 4 is 33.5 Å². The third-order valence-electron chi connectivity index (χ3n) is 7.38.